The first-order valence-corrected chi connectivity index (χ1v) is 13.9. The molecule has 1 heterocycles. The van der Waals surface area contributed by atoms with Crippen molar-refractivity contribution in [1.29, 1.82) is 0 Å². The maximum Gasteiger partial charge on any atom is 0.258 e. The lowest BCUT2D eigenvalue weighted by Crippen LogP contribution is -2.47. The first-order valence-electron chi connectivity index (χ1n) is 13.9. The van der Waals surface area contributed by atoms with E-state index >= 15 is 0 Å². The number of fused-ring (bicyclic) bond motifs is 1. The van der Waals surface area contributed by atoms with Crippen LogP contribution in [0.2, 0.25) is 0 Å². The van der Waals surface area contributed by atoms with Crippen LogP contribution >= 0.6 is 0 Å². The number of aliphatic hydroxyl groups is 1. The summed E-state index contributed by atoms with van der Waals surface area (Å²) in [7, 11) is 6.04. The zero-order valence-corrected chi connectivity index (χ0v) is 24.1. The van der Waals surface area contributed by atoms with Crippen molar-refractivity contribution < 1.29 is 19.4 Å². The van der Waals surface area contributed by atoms with Crippen molar-refractivity contribution in [2.24, 2.45) is 5.92 Å². The van der Waals surface area contributed by atoms with E-state index in [2.05, 4.69) is 50.1 Å². The van der Waals surface area contributed by atoms with Gasteiger partial charge in [0, 0.05) is 51.9 Å². The van der Waals surface area contributed by atoms with E-state index in [-0.39, 0.29) is 36.7 Å². The summed E-state index contributed by atoms with van der Waals surface area (Å²) in [6.45, 7) is 8.72. The van der Waals surface area contributed by atoms with Crippen LogP contribution in [0.3, 0.4) is 0 Å². The SMILES string of the molecule is C[C@@H]1CCCCO[C@@H](CN(C)Cc2ccccc2)[C@H](C)CN([C@@H](C)CO)C(=O)c2cc(N(C)C)ccc2O1. The Morgan fingerprint density at radius 3 is 2.50 bits per heavy atom. The molecule has 7 nitrogen and oxygen atoms in total. The van der Waals surface area contributed by atoms with Gasteiger partial charge in [-0.05, 0) is 63.9 Å². The standard InChI is InChI=1S/C31H47N3O4/c1-23-19-34(24(2)22-35)31(36)28-18-27(32(4)5)15-16-29(28)38-25(3)12-10-11-17-37-30(23)21-33(6)20-26-13-8-7-9-14-26/h7-9,13-16,18,23-25,30,35H,10-12,17,19-22H2,1-6H3/t23-,24+,25-,30+/m1/s1. The summed E-state index contributed by atoms with van der Waals surface area (Å²) < 4.78 is 12.8. The molecular formula is C31H47N3O4. The third-order valence-electron chi connectivity index (χ3n) is 7.34. The van der Waals surface area contributed by atoms with Crippen molar-refractivity contribution in [2.45, 2.75) is 64.8 Å². The molecule has 210 valence electrons. The van der Waals surface area contributed by atoms with E-state index in [0.717, 1.165) is 38.0 Å². The van der Waals surface area contributed by atoms with Crippen LogP contribution in [0.4, 0.5) is 5.69 Å². The van der Waals surface area contributed by atoms with E-state index in [4.69, 9.17) is 9.47 Å². The van der Waals surface area contributed by atoms with Gasteiger partial charge in [0.1, 0.15) is 5.75 Å². The molecule has 0 saturated carbocycles. The van der Waals surface area contributed by atoms with Crippen molar-refractivity contribution >= 4 is 11.6 Å². The minimum Gasteiger partial charge on any atom is -0.490 e. The van der Waals surface area contributed by atoms with Gasteiger partial charge in [-0.25, -0.2) is 0 Å². The topological polar surface area (TPSA) is 65.5 Å². The maximum absolute atomic E-state index is 14.1. The lowest BCUT2D eigenvalue weighted by atomic mass is 10.0. The summed E-state index contributed by atoms with van der Waals surface area (Å²) in [5, 5.41) is 10.1. The molecule has 0 aromatic heterocycles. The molecule has 38 heavy (non-hydrogen) atoms. The fraction of sp³-hybridized carbons (Fsp3) is 0.581. The van der Waals surface area contributed by atoms with Gasteiger partial charge in [-0.15, -0.1) is 0 Å². The van der Waals surface area contributed by atoms with Gasteiger partial charge in [0.25, 0.3) is 5.91 Å². The number of carbonyl (C=O) groups is 1. The Bertz CT molecular complexity index is 1000. The second kappa shape index (κ2) is 14.5. The molecule has 1 amide bonds. The Kier molecular flexibility index (Phi) is 11.4. The Morgan fingerprint density at radius 1 is 1.08 bits per heavy atom. The molecule has 1 aliphatic rings. The van der Waals surface area contributed by atoms with Gasteiger partial charge in [-0.1, -0.05) is 37.3 Å². The second-order valence-corrected chi connectivity index (χ2v) is 11.1. The molecule has 0 bridgehead atoms. The number of benzene rings is 2. The van der Waals surface area contributed by atoms with Crippen LogP contribution in [0.15, 0.2) is 48.5 Å². The van der Waals surface area contributed by atoms with Gasteiger partial charge in [-0.2, -0.15) is 0 Å². The lowest BCUT2D eigenvalue weighted by Gasteiger charge is -2.36. The largest absolute Gasteiger partial charge is 0.490 e. The van der Waals surface area contributed by atoms with Gasteiger partial charge in [0.2, 0.25) is 0 Å². The number of hydrogen-bond acceptors (Lipinski definition) is 6. The normalized spacial score (nSPS) is 22.4. The fourth-order valence-corrected chi connectivity index (χ4v) is 4.92. The van der Waals surface area contributed by atoms with Gasteiger partial charge in [0.15, 0.2) is 0 Å². The minimum atomic E-state index is -0.339. The van der Waals surface area contributed by atoms with Crippen molar-refractivity contribution in [3.63, 3.8) is 0 Å². The number of aliphatic hydroxyl groups excluding tert-OH is 1. The van der Waals surface area contributed by atoms with E-state index in [9.17, 15) is 9.90 Å². The molecular weight excluding hydrogens is 478 g/mol. The molecule has 0 unspecified atom stereocenters. The van der Waals surface area contributed by atoms with Crippen LogP contribution < -0.4 is 9.64 Å². The Hall–Kier alpha value is -2.61. The van der Waals surface area contributed by atoms with Crippen molar-refractivity contribution in [1.82, 2.24) is 9.80 Å². The van der Waals surface area contributed by atoms with E-state index < -0.39 is 0 Å². The van der Waals surface area contributed by atoms with Gasteiger partial charge in [0.05, 0.1) is 30.4 Å². The highest BCUT2D eigenvalue weighted by molar-refractivity contribution is 5.98. The summed E-state index contributed by atoms with van der Waals surface area (Å²) in [4.78, 5) is 20.1. The smallest absolute Gasteiger partial charge is 0.258 e. The predicted octanol–water partition coefficient (Wildman–Crippen LogP) is 4.68. The molecule has 1 aliphatic heterocycles. The average Bonchev–Trinajstić information content (AvgIpc) is 2.90. The first kappa shape index (κ1) is 29.9. The molecule has 0 fully saturated rings. The van der Waals surface area contributed by atoms with E-state index in [1.807, 2.05) is 50.2 Å². The number of nitrogens with zero attached hydrogens (tertiary/aromatic N) is 3. The lowest BCUT2D eigenvalue weighted by molar-refractivity contribution is -0.0177. The molecule has 3 rings (SSSR count). The van der Waals surface area contributed by atoms with Gasteiger partial charge >= 0.3 is 0 Å². The van der Waals surface area contributed by atoms with Crippen LogP contribution in [0, 0.1) is 5.92 Å². The number of likely N-dealkylation sites (N-methyl/N-ethyl adjacent to an activating group) is 1. The second-order valence-electron chi connectivity index (χ2n) is 11.1. The van der Waals surface area contributed by atoms with Crippen molar-refractivity contribution in [3.05, 3.63) is 59.7 Å². The molecule has 7 heteroatoms. The number of carbonyl (C=O) groups excluding carboxylic acids is 1. The quantitative estimate of drug-likeness (QED) is 0.566. The number of ether oxygens (including phenoxy) is 2. The number of amides is 1. The Balaban J connectivity index is 1.90. The van der Waals surface area contributed by atoms with Crippen LogP contribution in [0.5, 0.6) is 5.75 Å². The summed E-state index contributed by atoms with van der Waals surface area (Å²) in [6, 6.07) is 15.9. The summed E-state index contributed by atoms with van der Waals surface area (Å²) in [5.41, 5.74) is 2.73. The van der Waals surface area contributed by atoms with E-state index in [0.29, 0.717) is 24.5 Å². The fourth-order valence-electron chi connectivity index (χ4n) is 4.92. The molecule has 2 aromatic carbocycles. The third-order valence-corrected chi connectivity index (χ3v) is 7.34. The van der Waals surface area contributed by atoms with E-state index in [1.54, 1.807) is 4.90 Å². The average molecular weight is 526 g/mol. The Morgan fingerprint density at radius 2 is 1.82 bits per heavy atom. The highest BCUT2D eigenvalue weighted by atomic mass is 16.5. The monoisotopic (exact) mass is 525 g/mol. The third kappa shape index (κ3) is 8.45. The van der Waals surface area contributed by atoms with Gasteiger partial charge in [-0.3, -0.25) is 9.69 Å². The first-order chi connectivity index (χ1) is 18.2. The summed E-state index contributed by atoms with van der Waals surface area (Å²) in [6.07, 6.45) is 2.77. The molecule has 1 N–H and O–H groups in total. The molecule has 0 saturated heterocycles. The maximum atomic E-state index is 14.1. The van der Waals surface area contributed by atoms with Crippen LogP contribution in [0.25, 0.3) is 0 Å². The molecule has 2 aromatic rings. The predicted molar refractivity (Wildman–Crippen MR) is 154 cm³/mol. The highest BCUT2D eigenvalue weighted by Gasteiger charge is 2.30. The summed E-state index contributed by atoms with van der Waals surface area (Å²) in [5.74, 6) is 0.538. The van der Waals surface area contributed by atoms with E-state index in [1.165, 1.54) is 5.56 Å². The van der Waals surface area contributed by atoms with Gasteiger partial charge < -0.3 is 24.4 Å². The van der Waals surface area contributed by atoms with Crippen LogP contribution in [-0.4, -0.2) is 86.5 Å². The summed E-state index contributed by atoms with van der Waals surface area (Å²) >= 11 is 0. The van der Waals surface area contributed by atoms with Crippen molar-refractivity contribution in [3.8, 4) is 5.75 Å². The molecule has 4 atom stereocenters. The molecule has 0 spiro atoms. The Labute approximate surface area is 229 Å². The van der Waals surface area contributed by atoms with Crippen LogP contribution in [-0.2, 0) is 11.3 Å². The van der Waals surface area contributed by atoms with Crippen LogP contribution in [0.1, 0.15) is 56.0 Å². The zero-order chi connectivity index (χ0) is 27.7. The number of hydrogen-bond donors (Lipinski definition) is 1. The number of anilines is 1. The minimum absolute atomic E-state index is 0.0230. The number of rotatable bonds is 7. The molecule has 0 radical (unpaired) electrons. The van der Waals surface area contributed by atoms with Crippen molar-refractivity contribution in [2.75, 3.05) is 52.3 Å². The zero-order valence-electron chi connectivity index (χ0n) is 24.1. The molecule has 0 aliphatic carbocycles. The highest BCUT2D eigenvalue weighted by Crippen LogP contribution is 2.29.